The van der Waals surface area contributed by atoms with E-state index in [0.717, 1.165) is 10.6 Å². The van der Waals surface area contributed by atoms with Crippen LogP contribution in [0.5, 0.6) is 0 Å². The summed E-state index contributed by atoms with van der Waals surface area (Å²) in [6.07, 6.45) is 1.21. The van der Waals surface area contributed by atoms with Crippen molar-refractivity contribution in [3.8, 4) is 0 Å². The fraction of sp³-hybridized carbons (Fsp3) is 0.292. The van der Waals surface area contributed by atoms with E-state index in [1.165, 1.54) is 34.9 Å². The van der Waals surface area contributed by atoms with Gasteiger partial charge in [0.25, 0.3) is 5.91 Å². The molecule has 0 saturated carbocycles. The molecule has 1 aromatic heterocycles. The van der Waals surface area contributed by atoms with Crippen LogP contribution in [0.3, 0.4) is 0 Å². The molecule has 2 heterocycles. The molecule has 2 aromatic carbocycles. The Hall–Kier alpha value is -2.79. The average Bonchev–Trinajstić information content (AvgIpc) is 3.36. The van der Waals surface area contributed by atoms with Crippen molar-refractivity contribution in [3.63, 3.8) is 0 Å². The number of nitrogens with one attached hydrogen (secondary N) is 1. The lowest BCUT2D eigenvalue weighted by Gasteiger charge is -2.30. The molecule has 0 atom stereocenters. The highest BCUT2D eigenvalue weighted by atomic mass is 35.5. The van der Waals surface area contributed by atoms with E-state index >= 15 is 0 Å². The number of aryl methyl sites for hydroxylation is 1. The molecule has 1 amide bonds. The summed E-state index contributed by atoms with van der Waals surface area (Å²) < 4.78 is 32.2. The van der Waals surface area contributed by atoms with Crippen LogP contribution in [0.4, 0.5) is 5.69 Å². The minimum atomic E-state index is -3.63. The molecule has 0 unspecified atom stereocenters. The van der Waals surface area contributed by atoms with E-state index in [4.69, 9.17) is 16.3 Å². The SMILES string of the molecule is COC(=O)c1cccc(NC(=O)c2csc(C3CCN(S(=O)(=O)c4ccc(C)c(Cl)c4)CC3)n2)c1. The number of piperidine rings is 1. The molecule has 1 aliphatic rings. The van der Waals surface area contributed by atoms with Crippen molar-refractivity contribution < 1.29 is 22.7 Å². The Morgan fingerprint density at radius 1 is 1.17 bits per heavy atom. The molecule has 0 radical (unpaired) electrons. The van der Waals surface area contributed by atoms with Crippen molar-refractivity contribution in [3.05, 3.63) is 74.7 Å². The van der Waals surface area contributed by atoms with E-state index in [2.05, 4.69) is 10.3 Å². The number of hydrogen-bond acceptors (Lipinski definition) is 7. The predicted octanol–water partition coefficient (Wildman–Crippen LogP) is 4.71. The van der Waals surface area contributed by atoms with Crippen molar-refractivity contribution >= 4 is 50.5 Å². The van der Waals surface area contributed by atoms with Gasteiger partial charge < -0.3 is 10.1 Å². The van der Waals surface area contributed by atoms with E-state index in [-0.39, 0.29) is 22.4 Å². The van der Waals surface area contributed by atoms with Crippen LogP contribution < -0.4 is 5.32 Å². The lowest BCUT2D eigenvalue weighted by atomic mass is 9.99. The average molecular weight is 534 g/mol. The van der Waals surface area contributed by atoms with Crippen molar-refractivity contribution in [2.75, 3.05) is 25.5 Å². The number of thiazole rings is 1. The Bertz CT molecular complexity index is 1360. The van der Waals surface area contributed by atoms with Gasteiger partial charge in [-0.1, -0.05) is 23.7 Å². The Balaban J connectivity index is 1.39. The number of anilines is 1. The van der Waals surface area contributed by atoms with E-state index in [1.807, 2.05) is 6.92 Å². The quantitative estimate of drug-likeness (QED) is 0.460. The van der Waals surface area contributed by atoms with Crippen LogP contribution in [0.25, 0.3) is 0 Å². The van der Waals surface area contributed by atoms with Crippen LogP contribution in [0.2, 0.25) is 5.02 Å². The number of hydrogen-bond donors (Lipinski definition) is 1. The molecule has 1 aliphatic heterocycles. The fourth-order valence-electron chi connectivity index (χ4n) is 3.84. The number of methoxy groups -OCH3 is 1. The number of amides is 1. The van der Waals surface area contributed by atoms with Gasteiger partial charge in [0.15, 0.2) is 0 Å². The number of benzene rings is 2. The number of ether oxygens (including phenoxy) is 1. The Morgan fingerprint density at radius 2 is 1.91 bits per heavy atom. The molecule has 1 fully saturated rings. The van der Waals surface area contributed by atoms with Gasteiger partial charge in [0.05, 0.1) is 22.6 Å². The van der Waals surface area contributed by atoms with Crippen LogP contribution in [0.1, 0.15) is 50.2 Å². The molecule has 1 N–H and O–H groups in total. The summed E-state index contributed by atoms with van der Waals surface area (Å²) in [6.45, 7) is 2.55. The Labute approximate surface area is 212 Å². The number of aromatic nitrogens is 1. The first-order valence-corrected chi connectivity index (χ1v) is 13.6. The van der Waals surface area contributed by atoms with Gasteiger partial charge >= 0.3 is 5.97 Å². The second-order valence-electron chi connectivity index (χ2n) is 8.19. The Morgan fingerprint density at radius 3 is 2.60 bits per heavy atom. The first kappa shape index (κ1) is 25.3. The third-order valence-corrected chi connectivity index (χ3v) is 9.19. The summed E-state index contributed by atoms with van der Waals surface area (Å²) in [5, 5.41) is 5.66. The summed E-state index contributed by atoms with van der Waals surface area (Å²) in [5.41, 5.74) is 1.89. The van der Waals surface area contributed by atoms with E-state index in [9.17, 15) is 18.0 Å². The zero-order valence-corrected chi connectivity index (χ0v) is 21.5. The lowest BCUT2D eigenvalue weighted by Crippen LogP contribution is -2.37. The highest BCUT2D eigenvalue weighted by Crippen LogP contribution is 2.33. The maximum atomic E-state index is 13.0. The zero-order valence-electron chi connectivity index (χ0n) is 19.2. The number of nitrogens with zero attached hydrogens (tertiary/aromatic N) is 2. The summed E-state index contributed by atoms with van der Waals surface area (Å²) in [7, 11) is -2.33. The predicted molar refractivity (Wildman–Crippen MR) is 135 cm³/mol. The smallest absolute Gasteiger partial charge is 0.337 e. The van der Waals surface area contributed by atoms with E-state index in [0.29, 0.717) is 42.2 Å². The third-order valence-electron chi connectivity index (χ3n) is 5.88. The molecule has 8 nitrogen and oxygen atoms in total. The van der Waals surface area contributed by atoms with Gasteiger partial charge in [0.2, 0.25) is 10.0 Å². The van der Waals surface area contributed by atoms with E-state index < -0.39 is 16.0 Å². The fourth-order valence-corrected chi connectivity index (χ4v) is 6.56. The van der Waals surface area contributed by atoms with Gasteiger partial charge in [0.1, 0.15) is 5.69 Å². The van der Waals surface area contributed by atoms with Gasteiger partial charge in [0, 0.05) is 35.1 Å². The molecular formula is C24H24ClN3O5S2. The van der Waals surface area contributed by atoms with Gasteiger partial charge in [-0.3, -0.25) is 4.79 Å². The number of halogens is 1. The highest BCUT2D eigenvalue weighted by Gasteiger charge is 2.31. The topological polar surface area (TPSA) is 106 Å². The highest BCUT2D eigenvalue weighted by molar-refractivity contribution is 7.89. The van der Waals surface area contributed by atoms with Crippen LogP contribution >= 0.6 is 22.9 Å². The number of sulfonamides is 1. The largest absolute Gasteiger partial charge is 0.465 e. The van der Waals surface area contributed by atoms with Gasteiger partial charge in [-0.25, -0.2) is 18.2 Å². The monoisotopic (exact) mass is 533 g/mol. The van der Waals surface area contributed by atoms with Crippen LogP contribution in [0.15, 0.2) is 52.7 Å². The second-order valence-corrected chi connectivity index (χ2v) is 11.4. The Kier molecular flexibility index (Phi) is 7.56. The summed E-state index contributed by atoms with van der Waals surface area (Å²) >= 11 is 7.51. The van der Waals surface area contributed by atoms with Gasteiger partial charge in [-0.15, -0.1) is 11.3 Å². The van der Waals surface area contributed by atoms with Crippen LogP contribution in [0, 0.1) is 6.92 Å². The molecule has 11 heteroatoms. The standard InChI is InChI=1S/C24H24ClN3O5S2/c1-15-6-7-19(13-20(15)25)35(31,32)28-10-8-16(9-11-28)23-27-21(14-34-23)22(29)26-18-5-3-4-17(12-18)24(30)33-2/h3-7,12-14,16H,8-11H2,1-2H3,(H,26,29). The second kappa shape index (κ2) is 10.4. The molecule has 184 valence electrons. The lowest BCUT2D eigenvalue weighted by molar-refractivity contribution is 0.0600. The zero-order chi connectivity index (χ0) is 25.2. The molecule has 0 spiro atoms. The van der Waals surface area contributed by atoms with Crippen molar-refractivity contribution in [1.82, 2.24) is 9.29 Å². The van der Waals surface area contributed by atoms with E-state index in [1.54, 1.807) is 35.7 Å². The van der Waals surface area contributed by atoms with Crippen molar-refractivity contribution in [2.45, 2.75) is 30.6 Å². The molecule has 0 aliphatic carbocycles. The van der Waals surface area contributed by atoms with Gasteiger partial charge in [-0.05, 0) is 55.7 Å². The molecule has 0 bridgehead atoms. The number of carbonyl (C=O) groups excluding carboxylic acids is 2. The molecule has 35 heavy (non-hydrogen) atoms. The first-order valence-electron chi connectivity index (χ1n) is 10.9. The van der Waals surface area contributed by atoms with Gasteiger partial charge in [-0.2, -0.15) is 4.31 Å². The minimum Gasteiger partial charge on any atom is -0.465 e. The van der Waals surface area contributed by atoms with Crippen molar-refractivity contribution in [1.29, 1.82) is 0 Å². The third kappa shape index (κ3) is 5.56. The minimum absolute atomic E-state index is 0.0669. The molecule has 4 rings (SSSR count). The summed E-state index contributed by atoms with van der Waals surface area (Å²) in [5.74, 6) is -0.807. The maximum absolute atomic E-state index is 13.0. The summed E-state index contributed by atoms with van der Waals surface area (Å²) in [4.78, 5) is 29.1. The molecule has 1 saturated heterocycles. The maximum Gasteiger partial charge on any atom is 0.337 e. The first-order chi connectivity index (χ1) is 16.7. The molecular weight excluding hydrogens is 510 g/mol. The summed E-state index contributed by atoms with van der Waals surface area (Å²) in [6, 6.07) is 11.2. The normalized spacial score (nSPS) is 15.1. The van der Waals surface area contributed by atoms with Crippen molar-refractivity contribution in [2.24, 2.45) is 0 Å². The van der Waals surface area contributed by atoms with Crippen LogP contribution in [-0.2, 0) is 14.8 Å². The van der Waals surface area contributed by atoms with Crippen LogP contribution in [-0.4, -0.2) is 49.8 Å². The number of esters is 1. The number of rotatable bonds is 6. The molecule has 3 aromatic rings. The number of carbonyl (C=O) groups is 2.